The topological polar surface area (TPSA) is 97.0 Å². The minimum Gasteiger partial charge on any atom is -0.497 e. The maximum Gasteiger partial charge on any atom is 0.330 e. The van der Waals surface area contributed by atoms with Crippen molar-refractivity contribution in [2.45, 2.75) is 38.3 Å². The molecule has 5 rings (SSSR count). The number of furan rings is 1. The van der Waals surface area contributed by atoms with Gasteiger partial charge in [0.25, 0.3) is 5.91 Å². The number of Topliss-reactive ketones (excluding diaryl/α,β-unsaturated/α-hetero) is 1. The molecule has 41 heavy (non-hydrogen) atoms. The van der Waals surface area contributed by atoms with Crippen LogP contribution < -0.4 is 4.74 Å². The molecule has 4 unspecified atom stereocenters. The van der Waals surface area contributed by atoms with Gasteiger partial charge in [-0.05, 0) is 74.4 Å². The molecule has 1 saturated heterocycles. The summed E-state index contributed by atoms with van der Waals surface area (Å²) in [5, 5.41) is 10.9. The van der Waals surface area contributed by atoms with E-state index in [0.717, 1.165) is 0 Å². The average Bonchev–Trinajstić information content (AvgIpc) is 3.46. The number of amides is 1. The molecular weight excluding hydrogens is 525 g/mol. The standard InChI is InChI=1S/C33H30FNO6/c1-19-18-26(20(2)41-19)30(36)27-28(21-12-16-25(40-4)17-13-21)33(3,32(38)39)35(31(37)23-8-6-5-7-9-23)29(27)22-10-14-24(34)15-11-22/h5-18,27-29H,1-4H3,(H,38,39). The number of rotatable bonds is 7. The van der Waals surface area contributed by atoms with Gasteiger partial charge < -0.3 is 19.2 Å². The van der Waals surface area contributed by atoms with E-state index in [-0.39, 0.29) is 11.3 Å². The van der Waals surface area contributed by atoms with Crippen molar-refractivity contribution in [1.82, 2.24) is 4.90 Å². The second-order valence-electron chi connectivity index (χ2n) is 10.5. The number of halogens is 1. The summed E-state index contributed by atoms with van der Waals surface area (Å²) in [6, 6.07) is 21.2. The third kappa shape index (κ3) is 4.69. The number of hydrogen-bond donors (Lipinski definition) is 1. The van der Waals surface area contributed by atoms with Crippen molar-refractivity contribution in [3.8, 4) is 5.75 Å². The number of benzene rings is 3. The molecule has 0 bridgehead atoms. The van der Waals surface area contributed by atoms with Crippen LogP contribution in [-0.2, 0) is 4.79 Å². The van der Waals surface area contributed by atoms with Crippen LogP contribution in [0.25, 0.3) is 0 Å². The number of nitrogens with zero attached hydrogens (tertiary/aromatic N) is 1. The lowest BCUT2D eigenvalue weighted by Crippen LogP contribution is -2.54. The summed E-state index contributed by atoms with van der Waals surface area (Å²) in [4.78, 5) is 43.5. The molecule has 210 valence electrons. The molecule has 0 saturated carbocycles. The highest BCUT2D eigenvalue weighted by Crippen LogP contribution is 2.57. The third-order valence-corrected chi connectivity index (χ3v) is 8.05. The number of methoxy groups -OCH3 is 1. The lowest BCUT2D eigenvalue weighted by Gasteiger charge is -2.38. The van der Waals surface area contributed by atoms with Crippen LogP contribution in [0.15, 0.2) is 89.3 Å². The fraction of sp³-hybridized carbons (Fsp3) is 0.242. The van der Waals surface area contributed by atoms with Crippen molar-refractivity contribution in [2.24, 2.45) is 5.92 Å². The van der Waals surface area contributed by atoms with E-state index in [9.17, 15) is 23.9 Å². The van der Waals surface area contributed by atoms with Crippen molar-refractivity contribution in [2.75, 3.05) is 7.11 Å². The Balaban J connectivity index is 1.83. The predicted octanol–water partition coefficient (Wildman–Crippen LogP) is 6.37. The van der Waals surface area contributed by atoms with Crippen LogP contribution >= 0.6 is 0 Å². The Hall–Kier alpha value is -4.72. The number of ether oxygens (including phenoxy) is 1. The van der Waals surface area contributed by atoms with Crippen LogP contribution in [0.5, 0.6) is 5.75 Å². The molecular formula is C33H30FNO6. The van der Waals surface area contributed by atoms with Crippen molar-refractivity contribution < 1.29 is 33.0 Å². The van der Waals surface area contributed by atoms with Gasteiger partial charge in [0.2, 0.25) is 0 Å². The molecule has 1 fully saturated rings. The van der Waals surface area contributed by atoms with E-state index in [1.54, 1.807) is 74.5 Å². The van der Waals surface area contributed by atoms with Gasteiger partial charge in [-0.25, -0.2) is 9.18 Å². The van der Waals surface area contributed by atoms with Crippen LogP contribution in [0, 0.1) is 25.6 Å². The molecule has 1 aromatic heterocycles. The highest BCUT2D eigenvalue weighted by Gasteiger charge is 2.65. The van der Waals surface area contributed by atoms with Crippen molar-refractivity contribution in [3.63, 3.8) is 0 Å². The highest BCUT2D eigenvalue weighted by atomic mass is 19.1. The fourth-order valence-electron chi connectivity index (χ4n) is 6.13. The number of carbonyl (C=O) groups excluding carboxylic acids is 2. The second kappa shape index (κ2) is 10.7. The predicted molar refractivity (Wildman–Crippen MR) is 150 cm³/mol. The number of aryl methyl sites for hydroxylation is 2. The van der Waals surface area contributed by atoms with E-state index in [2.05, 4.69) is 0 Å². The average molecular weight is 556 g/mol. The molecule has 2 heterocycles. The number of ketones is 1. The van der Waals surface area contributed by atoms with Crippen LogP contribution in [-0.4, -0.2) is 40.3 Å². The van der Waals surface area contributed by atoms with E-state index in [4.69, 9.17) is 9.15 Å². The van der Waals surface area contributed by atoms with E-state index < -0.39 is 41.1 Å². The molecule has 4 atom stereocenters. The van der Waals surface area contributed by atoms with Gasteiger partial charge in [0, 0.05) is 11.5 Å². The summed E-state index contributed by atoms with van der Waals surface area (Å²) >= 11 is 0. The monoisotopic (exact) mass is 555 g/mol. The minimum atomic E-state index is -1.88. The first-order valence-corrected chi connectivity index (χ1v) is 13.2. The quantitative estimate of drug-likeness (QED) is 0.266. The van der Waals surface area contributed by atoms with Gasteiger partial charge in [0.15, 0.2) is 5.78 Å². The van der Waals surface area contributed by atoms with Gasteiger partial charge in [-0.15, -0.1) is 0 Å². The Morgan fingerprint density at radius 3 is 2.07 bits per heavy atom. The number of carbonyl (C=O) groups is 3. The number of carboxylic acids is 1. The lowest BCUT2D eigenvalue weighted by atomic mass is 9.71. The van der Waals surface area contributed by atoms with Gasteiger partial charge in [-0.2, -0.15) is 0 Å². The van der Waals surface area contributed by atoms with Crippen LogP contribution in [0.4, 0.5) is 4.39 Å². The van der Waals surface area contributed by atoms with Crippen molar-refractivity contribution in [1.29, 1.82) is 0 Å². The number of likely N-dealkylation sites (tertiary alicyclic amines) is 1. The fourth-order valence-corrected chi connectivity index (χ4v) is 6.13. The molecule has 0 spiro atoms. The first kappa shape index (κ1) is 27.8. The Morgan fingerprint density at radius 2 is 1.54 bits per heavy atom. The normalized spacial score (nSPS) is 22.0. The molecule has 7 nitrogen and oxygen atoms in total. The van der Waals surface area contributed by atoms with Gasteiger partial charge in [0.05, 0.1) is 24.6 Å². The SMILES string of the molecule is COc1ccc(C2C(C(=O)c3cc(C)oc3C)C(c3ccc(F)cc3)N(C(=O)c3ccccc3)C2(C)C(=O)O)cc1. The highest BCUT2D eigenvalue weighted by molar-refractivity contribution is 6.05. The first-order valence-electron chi connectivity index (χ1n) is 13.2. The van der Waals surface area contributed by atoms with Crippen molar-refractivity contribution in [3.05, 3.63) is 125 Å². The summed E-state index contributed by atoms with van der Waals surface area (Å²) in [6.45, 7) is 4.87. The molecule has 3 aromatic carbocycles. The Labute approximate surface area is 237 Å². The van der Waals surface area contributed by atoms with E-state index in [0.29, 0.717) is 34.0 Å². The summed E-state index contributed by atoms with van der Waals surface area (Å²) < 4.78 is 25.1. The summed E-state index contributed by atoms with van der Waals surface area (Å²) in [5.41, 5.74) is -0.324. The molecule has 1 aliphatic rings. The van der Waals surface area contributed by atoms with Gasteiger partial charge in [-0.3, -0.25) is 9.59 Å². The smallest absolute Gasteiger partial charge is 0.330 e. The second-order valence-corrected chi connectivity index (χ2v) is 10.5. The minimum absolute atomic E-state index is 0.268. The molecule has 1 amide bonds. The lowest BCUT2D eigenvalue weighted by molar-refractivity contribution is -0.148. The first-order chi connectivity index (χ1) is 19.6. The number of hydrogen-bond acceptors (Lipinski definition) is 5. The number of aliphatic carboxylic acids is 1. The molecule has 1 N–H and O–H groups in total. The zero-order chi connectivity index (χ0) is 29.5. The molecule has 1 aliphatic heterocycles. The maximum absolute atomic E-state index is 14.6. The molecule has 8 heteroatoms. The summed E-state index contributed by atoms with van der Waals surface area (Å²) in [5.74, 6) is -3.27. The van der Waals surface area contributed by atoms with Gasteiger partial charge in [0.1, 0.15) is 28.6 Å². The third-order valence-electron chi connectivity index (χ3n) is 8.05. The summed E-state index contributed by atoms with van der Waals surface area (Å²) in [7, 11) is 1.52. The van der Waals surface area contributed by atoms with Gasteiger partial charge >= 0.3 is 5.97 Å². The Kier molecular flexibility index (Phi) is 7.26. The molecule has 0 aliphatic carbocycles. The zero-order valence-electron chi connectivity index (χ0n) is 23.1. The van der Waals surface area contributed by atoms with E-state index in [1.165, 1.54) is 43.2 Å². The van der Waals surface area contributed by atoms with Crippen LogP contribution in [0.1, 0.15) is 62.2 Å². The molecule has 4 aromatic rings. The molecule has 0 radical (unpaired) electrons. The van der Waals surface area contributed by atoms with Gasteiger partial charge in [-0.1, -0.05) is 42.5 Å². The number of carboxylic acid groups (broad SMARTS) is 1. The van der Waals surface area contributed by atoms with Crippen molar-refractivity contribution >= 4 is 17.7 Å². The summed E-state index contributed by atoms with van der Waals surface area (Å²) in [6.07, 6.45) is 0. The zero-order valence-corrected chi connectivity index (χ0v) is 23.1. The largest absolute Gasteiger partial charge is 0.497 e. The maximum atomic E-state index is 14.6. The van der Waals surface area contributed by atoms with E-state index >= 15 is 0 Å². The van der Waals surface area contributed by atoms with Crippen LogP contribution in [0.2, 0.25) is 0 Å². The Bertz CT molecular complexity index is 1600. The van der Waals surface area contributed by atoms with E-state index in [1.807, 2.05) is 0 Å². The Morgan fingerprint density at radius 1 is 0.927 bits per heavy atom. The van der Waals surface area contributed by atoms with Crippen LogP contribution in [0.3, 0.4) is 0 Å².